The molecule has 0 aromatic carbocycles. The number of rotatable bonds is 6. The zero-order valence-corrected chi connectivity index (χ0v) is 8.47. The summed E-state index contributed by atoms with van der Waals surface area (Å²) < 4.78 is 5.37. The van der Waals surface area contributed by atoms with Crippen LogP contribution >= 0.6 is 0 Å². The van der Waals surface area contributed by atoms with Crippen LogP contribution in [0.1, 0.15) is 33.6 Å². The van der Waals surface area contributed by atoms with Crippen molar-refractivity contribution in [3.63, 3.8) is 0 Å². The first kappa shape index (κ1) is 11.3. The summed E-state index contributed by atoms with van der Waals surface area (Å²) in [6.45, 7) is 13.8. The molecule has 0 aromatic rings. The maximum Gasteiger partial charge on any atom is 0.123 e. The molecule has 0 heterocycles. The standard InChI is InChI=1S/C11H20O/c1-6-11(5,12-7-2)9-8-10(3)4/h6-7,10H,1-2,8-9H2,3-5H3. The molecule has 0 rings (SSSR count). The van der Waals surface area contributed by atoms with Crippen molar-refractivity contribution in [3.8, 4) is 0 Å². The highest BCUT2D eigenvalue weighted by molar-refractivity contribution is 4.94. The van der Waals surface area contributed by atoms with E-state index in [0.29, 0.717) is 5.92 Å². The van der Waals surface area contributed by atoms with Crippen molar-refractivity contribution in [3.05, 3.63) is 25.5 Å². The van der Waals surface area contributed by atoms with E-state index in [9.17, 15) is 0 Å². The van der Waals surface area contributed by atoms with Gasteiger partial charge in [-0.2, -0.15) is 0 Å². The highest BCUT2D eigenvalue weighted by Crippen LogP contribution is 2.21. The largest absolute Gasteiger partial charge is 0.492 e. The third kappa shape index (κ3) is 4.22. The third-order valence-corrected chi connectivity index (χ3v) is 2.00. The minimum Gasteiger partial charge on any atom is -0.492 e. The molecule has 0 saturated carbocycles. The second-order valence-corrected chi connectivity index (χ2v) is 3.73. The molecular weight excluding hydrogens is 148 g/mol. The number of hydrogen-bond acceptors (Lipinski definition) is 1. The fourth-order valence-corrected chi connectivity index (χ4v) is 0.975. The Morgan fingerprint density at radius 3 is 2.33 bits per heavy atom. The molecule has 1 unspecified atom stereocenters. The molecule has 0 spiro atoms. The van der Waals surface area contributed by atoms with E-state index in [2.05, 4.69) is 27.0 Å². The van der Waals surface area contributed by atoms with Crippen LogP contribution in [0.3, 0.4) is 0 Å². The van der Waals surface area contributed by atoms with Gasteiger partial charge in [0.2, 0.25) is 0 Å². The summed E-state index contributed by atoms with van der Waals surface area (Å²) >= 11 is 0. The van der Waals surface area contributed by atoms with E-state index in [0.717, 1.165) is 12.8 Å². The SMILES string of the molecule is C=COC(C)(C=C)CCC(C)C. The van der Waals surface area contributed by atoms with E-state index in [4.69, 9.17) is 4.74 Å². The minimum absolute atomic E-state index is 0.230. The molecular formula is C11H20O. The molecule has 0 saturated heterocycles. The van der Waals surface area contributed by atoms with E-state index in [1.54, 1.807) is 0 Å². The maximum absolute atomic E-state index is 5.37. The molecule has 1 nitrogen and oxygen atoms in total. The fraction of sp³-hybridized carbons (Fsp3) is 0.636. The molecule has 1 heteroatoms. The van der Waals surface area contributed by atoms with Gasteiger partial charge in [0.05, 0.1) is 6.26 Å². The predicted octanol–water partition coefficient (Wildman–Crippen LogP) is 3.53. The van der Waals surface area contributed by atoms with Crippen molar-refractivity contribution < 1.29 is 4.74 Å². The Morgan fingerprint density at radius 1 is 1.42 bits per heavy atom. The van der Waals surface area contributed by atoms with E-state index in [1.165, 1.54) is 6.26 Å². The zero-order valence-electron chi connectivity index (χ0n) is 8.47. The van der Waals surface area contributed by atoms with E-state index in [-0.39, 0.29) is 5.60 Å². The maximum atomic E-state index is 5.37. The molecule has 0 aromatic heterocycles. The summed E-state index contributed by atoms with van der Waals surface area (Å²) in [6.07, 6.45) is 5.48. The smallest absolute Gasteiger partial charge is 0.123 e. The van der Waals surface area contributed by atoms with Gasteiger partial charge in [0, 0.05) is 0 Å². The van der Waals surface area contributed by atoms with Crippen molar-refractivity contribution in [2.75, 3.05) is 0 Å². The quantitative estimate of drug-likeness (QED) is 0.435. The average molecular weight is 168 g/mol. The molecule has 0 aliphatic rings. The Kier molecular flexibility index (Phi) is 4.72. The highest BCUT2D eigenvalue weighted by Gasteiger charge is 2.19. The lowest BCUT2D eigenvalue weighted by Gasteiger charge is -2.25. The number of ether oxygens (including phenoxy) is 1. The van der Waals surface area contributed by atoms with Crippen LogP contribution in [0, 0.1) is 5.92 Å². The molecule has 0 N–H and O–H groups in total. The van der Waals surface area contributed by atoms with Gasteiger partial charge in [0.25, 0.3) is 0 Å². The van der Waals surface area contributed by atoms with Gasteiger partial charge in [-0.25, -0.2) is 0 Å². The lowest BCUT2D eigenvalue weighted by atomic mass is 9.95. The zero-order chi connectivity index (χ0) is 9.61. The summed E-state index contributed by atoms with van der Waals surface area (Å²) in [5, 5.41) is 0. The molecule has 0 aliphatic carbocycles. The summed E-state index contributed by atoms with van der Waals surface area (Å²) in [6, 6.07) is 0. The van der Waals surface area contributed by atoms with Gasteiger partial charge in [0.15, 0.2) is 0 Å². The van der Waals surface area contributed by atoms with Crippen molar-refractivity contribution in [1.29, 1.82) is 0 Å². The van der Waals surface area contributed by atoms with E-state index in [1.807, 2.05) is 13.0 Å². The molecule has 0 radical (unpaired) electrons. The molecule has 0 fully saturated rings. The van der Waals surface area contributed by atoms with E-state index >= 15 is 0 Å². The van der Waals surface area contributed by atoms with Crippen LogP contribution in [-0.4, -0.2) is 5.60 Å². The summed E-state index contributed by atoms with van der Waals surface area (Å²) in [7, 11) is 0. The Bertz CT molecular complexity index is 149. The normalized spacial score (nSPS) is 15.3. The van der Waals surface area contributed by atoms with Gasteiger partial charge in [0.1, 0.15) is 5.60 Å². The van der Waals surface area contributed by atoms with Gasteiger partial charge >= 0.3 is 0 Å². The molecule has 70 valence electrons. The third-order valence-electron chi connectivity index (χ3n) is 2.00. The van der Waals surface area contributed by atoms with E-state index < -0.39 is 0 Å². The molecule has 12 heavy (non-hydrogen) atoms. The summed E-state index contributed by atoms with van der Waals surface area (Å²) in [4.78, 5) is 0. The lowest BCUT2D eigenvalue weighted by molar-refractivity contribution is 0.0731. The fourth-order valence-electron chi connectivity index (χ4n) is 0.975. The van der Waals surface area contributed by atoms with Crippen LogP contribution in [0.25, 0.3) is 0 Å². The first-order valence-corrected chi connectivity index (χ1v) is 4.46. The van der Waals surface area contributed by atoms with Crippen LogP contribution in [0.4, 0.5) is 0 Å². The molecule has 1 atom stereocenters. The minimum atomic E-state index is -0.230. The van der Waals surface area contributed by atoms with Crippen molar-refractivity contribution in [2.24, 2.45) is 5.92 Å². The highest BCUT2D eigenvalue weighted by atomic mass is 16.5. The van der Waals surface area contributed by atoms with Crippen LogP contribution in [0.2, 0.25) is 0 Å². The second-order valence-electron chi connectivity index (χ2n) is 3.73. The summed E-state index contributed by atoms with van der Waals surface area (Å²) in [5.41, 5.74) is -0.230. The van der Waals surface area contributed by atoms with Gasteiger partial charge in [-0.3, -0.25) is 0 Å². The van der Waals surface area contributed by atoms with Crippen LogP contribution in [0.5, 0.6) is 0 Å². The van der Waals surface area contributed by atoms with Gasteiger partial charge in [-0.15, -0.1) is 0 Å². The Labute approximate surface area is 76.1 Å². The summed E-state index contributed by atoms with van der Waals surface area (Å²) in [5.74, 6) is 0.706. The van der Waals surface area contributed by atoms with Gasteiger partial charge in [-0.05, 0) is 31.8 Å². The molecule has 0 amide bonds. The Balaban J connectivity index is 3.95. The average Bonchev–Trinajstić information content (AvgIpc) is 2.02. The molecule has 0 aliphatic heterocycles. The van der Waals surface area contributed by atoms with Crippen LogP contribution in [0.15, 0.2) is 25.5 Å². The Morgan fingerprint density at radius 2 is 2.00 bits per heavy atom. The van der Waals surface area contributed by atoms with Crippen LogP contribution in [-0.2, 0) is 4.74 Å². The van der Waals surface area contributed by atoms with Gasteiger partial charge < -0.3 is 4.74 Å². The van der Waals surface area contributed by atoms with Crippen LogP contribution < -0.4 is 0 Å². The first-order chi connectivity index (χ1) is 5.54. The topological polar surface area (TPSA) is 9.23 Å². The Hall–Kier alpha value is -0.720. The van der Waals surface area contributed by atoms with Crippen molar-refractivity contribution >= 4 is 0 Å². The van der Waals surface area contributed by atoms with Gasteiger partial charge in [-0.1, -0.05) is 27.0 Å². The molecule has 0 bridgehead atoms. The second kappa shape index (κ2) is 5.02. The number of hydrogen-bond donors (Lipinski definition) is 0. The predicted molar refractivity (Wildman–Crippen MR) is 54.0 cm³/mol. The first-order valence-electron chi connectivity index (χ1n) is 4.46. The monoisotopic (exact) mass is 168 g/mol. The van der Waals surface area contributed by atoms with Crippen molar-refractivity contribution in [2.45, 2.75) is 39.2 Å². The van der Waals surface area contributed by atoms with Crippen molar-refractivity contribution in [1.82, 2.24) is 0 Å². The lowest BCUT2D eigenvalue weighted by Crippen LogP contribution is -2.23.